The average Bonchev–Trinajstić information content (AvgIpc) is 3.81. The molecule has 2 N–H and O–H groups in total. The van der Waals surface area contributed by atoms with Crippen molar-refractivity contribution in [2.75, 3.05) is 26.2 Å². The molecular formula is C26H40N4O4. The predicted molar refractivity (Wildman–Crippen MR) is 126 cm³/mol. The summed E-state index contributed by atoms with van der Waals surface area (Å²) in [6.07, 6.45) is 10.8. The molecule has 0 radical (unpaired) electrons. The largest absolute Gasteiger partial charge is 0.353 e. The third-order valence-corrected chi connectivity index (χ3v) is 8.43. The Morgan fingerprint density at radius 1 is 0.529 bits per heavy atom. The standard InChI is InChI=1S/C26H40N4O4/c31-23(27-21-8-9-21)19-6-2-12-29(15-19)25(33)17-4-1-5-18(14-17)26(34)30-13-3-7-20(16-30)24(32)28-22-10-11-22/h17-22H,1-16H2,(H,27,31)(H,28,32). The fourth-order valence-electron chi connectivity index (χ4n) is 6.03. The van der Waals surface area contributed by atoms with Crippen molar-refractivity contribution in [3.63, 3.8) is 0 Å². The maximum atomic E-state index is 13.4. The van der Waals surface area contributed by atoms with Crippen molar-refractivity contribution in [1.82, 2.24) is 20.4 Å². The van der Waals surface area contributed by atoms with Crippen molar-refractivity contribution in [3.05, 3.63) is 0 Å². The summed E-state index contributed by atoms with van der Waals surface area (Å²) >= 11 is 0. The van der Waals surface area contributed by atoms with E-state index in [1.165, 1.54) is 0 Å². The number of likely N-dealkylation sites (tertiary alicyclic amines) is 2. The van der Waals surface area contributed by atoms with Crippen molar-refractivity contribution >= 4 is 23.6 Å². The van der Waals surface area contributed by atoms with Crippen LogP contribution in [-0.2, 0) is 19.2 Å². The molecule has 0 bridgehead atoms. The lowest BCUT2D eigenvalue weighted by Crippen LogP contribution is -2.50. The molecule has 2 heterocycles. The molecule has 5 fully saturated rings. The lowest BCUT2D eigenvalue weighted by molar-refractivity contribution is -0.144. The molecule has 5 rings (SSSR count). The molecule has 3 aliphatic carbocycles. The van der Waals surface area contributed by atoms with Crippen molar-refractivity contribution in [1.29, 1.82) is 0 Å². The summed E-state index contributed by atoms with van der Waals surface area (Å²) in [5.74, 6) is -0.0242. The molecule has 8 heteroatoms. The van der Waals surface area contributed by atoms with Crippen molar-refractivity contribution in [3.8, 4) is 0 Å². The fourth-order valence-corrected chi connectivity index (χ4v) is 6.03. The van der Waals surface area contributed by atoms with Crippen LogP contribution in [-0.4, -0.2) is 71.7 Å². The first-order chi connectivity index (χ1) is 16.5. The Hall–Kier alpha value is -2.12. The maximum Gasteiger partial charge on any atom is 0.225 e. The lowest BCUT2D eigenvalue weighted by Gasteiger charge is -2.39. The summed E-state index contributed by atoms with van der Waals surface area (Å²) < 4.78 is 0. The first-order valence-electron chi connectivity index (χ1n) is 13.7. The minimum atomic E-state index is -0.133. The molecule has 2 aliphatic heterocycles. The Labute approximate surface area is 202 Å². The molecule has 34 heavy (non-hydrogen) atoms. The summed E-state index contributed by atoms with van der Waals surface area (Å²) in [5, 5.41) is 6.18. The van der Waals surface area contributed by atoms with E-state index < -0.39 is 0 Å². The van der Waals surface area contributed by atoms with E-state index in [2.05, 4.69) is 10.6 Å². The Balaban J connectivity index is 1.13. The number of rotatable bonds is 6. The zero-order valence-electron chi connectivity index (χ0n) is 20.3. The van der Waals surface area contributed by atoms with Gasteiger partial charge in [-0.3, -0.25) is 19.2 Å². The van der Waals surface area contributed by atoms with Crippen LogP contribution in [0.4, 0.5) is 0 Å². The summed E-state index contributed by atoms with van der Waals surface area (Å²) in [6, 6.07) is 0.690. The number of nitrogens with zero attached hydrogens (tertiary/aromatic N) is 2. The van der Waals surface area contributed by atoms with Gasteiger partial charge in [-0.25, -0.2) is 0 Å². The van der Waals surface area contributed by atoms with Crippen LogP contribution in [0.2, 0.25) is 0 Å². The van der Waals surface area contributed by atoms with Crippen LogP contribution < -0.4 is 10.6 Å². The molecule has 0 aromatic carbocycles. The van der Waals surface area contributed by atoms with Gasteiger partial charge in [-0.05, 0) is 70.6 Å². The summed E-state index contributed by atoms with van der Waals surface area (Å²) in [4.78, 5) is 55.5. The fraction of sp³-hybridized carbons (Fsp3) is 0.846. The van der Waals surface area contributed by atoms with Crippen LogP contribution in [0.15, 0.2) is 0 Å². The second-order valence-electron chi connectivity index (χ2n) is 11.4. The molecule has 188 valence electrons. The molecular weight excluding hydrogens is 432 g/mol. The zero-order valence-corrected chi connectivity index (χ0v) is 20.3. The van der Waals surface area contributed by atoms with Gasteiger partial charge >= 0.3 is 0 Å². The molecule has 4 unspecified atom stereocenters. The summed E-state index contributed by atoms with van der Waals surface area (Å²) in [6.45, 7) is 2.45. The lowest BCUT2D eigenvalue weighted by atomic mass is 9.79. The number of piperidine rings is 2. The van der Waals surface area contributed by atoms with E-state index >= 15 is 0 Å². The normalized spacial score (nSPS) is 32.1. The van der Waals surface area contributed by atoms with Crippen LogP contribution in [0.5, 0.6) is 0 Å². The highest BCUT2D eigenvalue weighted by Crippen LogP contribution is 2.34. The Morgan fingerprint density at radius 2 is 0.941 bits per heavy atom. The number of amides is 4. The molecule has 3 saturated carbocycles. The number of carbonyl (C=O) groups is 4. The zero-order chi connectivity index (χ0) is 23.7. The van der Waals surface area contributed by atoms with Crippen LogP contribution in [0.3, 0.4) is 0 Å². The highest BCUT2D eigenvalue weighted by atomic mass is 16.2. The molecule has 0 aromatic rings. The van der Waals surface area contributed by atoms with Crippen molar-refractivity contribution in [2.24, 2.45) is 23.7 Å². The molecule has 8 nitrogen and oxygen atoms in total. The third kappa shape index (κ3) is 5.74. The van der Waals surface area contributed by atoms with E-state index in [0.717, 1.165) is 70.6 Å². The number of hydrogen-bond acceptors (Lipinski definition) is 4. The maximum absolute atomic E-state index is 13.4. The molecule has 0 aromatic heterocycles. The van der Waals surface area contributed by atoms with Gasteiger partial charge in [0.25, 0.3) is 0 Å². The second-order valence-corrected chi connectivity index (χ2v) is 11.4. The minimum absolute atomic E-state index is 0.0991. The predicted octanol–water partition coefficient (Wildman–Crippen LogP) is 1.83. The molecule has 4 atom stereocenters. The van der Waals surface area contributed by atoms with Gasteiger partial charge in [0.2, 0.25) is 23.6 Å². The van der Waals surface area contributed by atoms with Crippen LogP contribution in [0.25, 0.3) is 0 Å². The van der Waals surface area contributed by atoms with Gasteiger partial charge in [0.15, 0.2) is 0 Å². The van der Waals surface area contributed by atoms with E-state index in [-0.39, 0.29) is 47.3 Å². The van der Waals surface area contributed by atoms with Crippen molar-refractivity contribution < 1.29 is 19.2 Å². The van der Waals surface area contributed by atoms with Gasteiger partial charge in [0, 0.05) is 50.1 Å². The molecule has 4 amide bonds. The Kier molecular flexibility index (Phi) is 7.11. The average molecular weight is 473 g/mol. The van der Waals surface area contributed by atoms with Gasteiger partial charge in [0.1, 0.15) is 0 Å². The Bertz CT molecular complexity index is 745. The Morgan fingerprint density at radius 3 is 1.35 bits per heavy atom. The quantitative estimate of drug-likeness (QED) is 0.616. The molecule has 5 aliphatic rings. The van der Waals surface area contributed by atoms with E-state index in [9.17, 15) is 19.2 Å². The molecule has 2 saturated heterocycles. The van der Waals surface area contributed by atoms with E-state index in [1.807, 2.05) is 9.80 Å². The van der Waals surface area contributed by atoms with E-state index in [1.54, 1.807) is 0 Å². The van der Waals surface area contributed by atoms with Crippen molar-refractivity contribution in [2.45, 2.75) is 89.1 Å². The molecule has 0 spiro atoms. The number of hydrogen-bond donors (Lipinski definition) is 2. The number of carbonyl (C=O) groups excluding carboxylic acids is 4. The highest BCUT2D eigenvalue weighted by molar-refractivity contribution is 5.85. The summed E-state index contributed by atoms with van der Waals surface area (Å²) in [7, 11) is 0. The van der Waals surface area contributed by atoms with Gasteiger partial charge in [-0.2, -0.15) is 0 Å². The minimum Gasteiger partial charge on any atom is -0.353 e. The SMILES string of the molecule is O=C(NC1CC1)C1CCCN(C(=O)C2CCCC(C(=O)N3CCCC(C(=O)NC4CC4)C3)C2)C1. The summed E-state index contributed by atoms with van der Waals surface area (Å²) in [5.41, 5.74) is 0. The first-order valence-corrected chi connectivity index (χ1v) is 13.7. The highest BCUT2D eigenvalue weighted by Gasteiger charge is 2.39. The second kappa shape index (κ2) is 10.2. The first kappa shape index (κ1) is 23.6. The third-order valence-electron chi connectivity index (χ3n) is 8.43. The number of nitrogens with one attached hydrogen (secondary N) is 2. The van der Waals surface area contributed by atoms with Gasteiger partial charge < -0.3 is 20.4 Å². The van der Waals surface area contributed by atoms with Gasteiger partial charge in [-0.1, -0.05) is 6.42 Å². The van der Waals surface area contributed by atoms with E-state index in [0.29, 0.717) is 44.7 Å². The monoisotopic (exact) mass is 472 g/mol. The van der Waals surface area contributed by atoms with E-state index in [4.69, 9.17) is 0 Å². The smallest absolute Gasteiger partial charge is 0.225 e. The van der Waals surface area contributed by atoms with Crippen LogP contribution >= 0.6 is 0 Å². The van der Waals surface area contributed by atoms with Gasteiger partial charge in [0.05, 0.1) is 11.8 Å². The van der Waals surface area contributed by atoms with Gasteiger partial charge in [-0.15, -0.1) is 0 Å². The van der Waals surface area contributed by atoms with Crippen LogP contribution in [0.1, 0.15) is 77.0 Å². The van der Waals surface area contributed by atoms with Crippen LogP contribution in [0, 0.1) is 23.7 Å². The topological polar surface area (TPSA) is 98.8 Å².